The van der Waals surface area contributed by atoms with Gasteiger partial charge < -0.3 is 20.7 Å². The van der Waals surface area contributed by atoms with Crippen molar-refractivity contribution >= 4 is 5.82 Å². The highest BCUT2D eigenvalue weighted by Gasteiger charge is 2.18. The van der Waals surface area contributed by atoms with Crippen LogP contribution in [0.3, 0.4) is 0 Å². The summed E-state index contributed by atoms with van der Waals surface area (Å²) in [6, 6.07) is 1.48. The van der Waals surface area contributed by atoms with E-state index in [0.717, 1.165) is 0 Å². The highest BCUT2D eigenvalue weighted by Crippen LogP contribution is 2.10. The normalized spacial score (nSPS) is 14.4. The largest absolute Gasteiger partial charge is 0.394 e. The van der Waals surface area contributed by atoms with Gasteiger partial charge in [-0.3, -0.25) is 9.88 Å². The van der Waals surface area contributed by atoms with Gasteiger partial charge in [0.1, 0.15) is 5.82 Å². The van der Waals surface area contributed by atoms with E-state index in [0.29, 0.717) is 6.42 Å². The third kappa shape index (κ3) is 3.77. The van der Waals surface area contributed by atoms with E-state index in [1.54, 1.807) is 0 Å². The fourth-order valence-electron chi connectivity index (χ4n) is 1.56. The van der Waals surface area contributed by atoms with Crippen LogP contribution in [0.5, 0.6) is 0 Å². The smallest absolute Gasteiger partial charge is 0.350 e. The van der Waals surface area contributed by atoms with Crippen LogP contribution in [0.25, 0.3) is 0 Å². The van der Waals surface area contributed by atoms with Crippen molar-refractivity contribution in [3.8, 4) is 0 Å². The zero-order valence-electron chi connectivity index (χ0n) is 10.1. The first kappa shape index (κ1) is 14.6. The summed E-state index contributed by atoms with van der Waals surface area (Å²) < 4.78 is 6.32. The lowest BCUT2D eigenvalue weighted by Gasteiger charge is -2.23. The molecule has 0 spiro atoms. The van der Waals surface area contributed by atoms with Gasteiger partial charge in [-0.25, -0.2) is 4.79 Å². The van der Waals surface area contributed by atoms with Crippen molar-refractivity contribution in [2.45, 2.75) is 18.7 Å². The number of nitrogens with one attached hydrogen (secondary N) is 1. The van der Waals surface area contributed by atoms with Crippen molar-refractivity contribution in [3.05, 3.63) is 22.7 Å². The molecule has 1 heterocycles. The van der Waals surface area contributed by atoms with Crippen LogP contribution in [-0.4, -0.2) is 46.3 Å². The summed E-state index contributed by atoms with van der Waals surface area (Å²) in [5.41, 5.74) is 4.86. The van der Waals surface area contributed by atoms with Crippen LogP contribution in [-0.2, 0) is 4.74 Å². The van der Waals surface area contributed by atoms with Crippen molar-refractivity contribution in [2.24, 2.45) is 0 Å². The number of ether oxygens (including phenoxy) is 1. The molecule has 1 rings (SSSR count). The first-order chi connectivity index (χ1) is 8.62. The maximum absolute atomic E-state index is 11.7. The summed E-state index contributed by atoms with van der Waals surface area (Å²) in [6.07, 6.45) is 0.799. The van der Waals surface area contributed by atoms with Crippen molar-refractivity contribution in [3.63, 3.8) is 0 Å². The van der Waals surface area contributed by atoms with E-state index in [-0.39, 0.29) is 19.2 Å². The van der Waals surface area contributed by atoms with Gasteiger partial charge in [0.2, 0.25) is 0 Å². The molecule has 0 aliphatic rings. The molecule has 5 N–H and O–H groups in total. The molecule has 0 aliphatic carbocycles. The summed E-state index contributed by atoms with van der Waals surface area (Å²) in [5.74, 6) is 0.129. The summed E-state index contributed by atoms with van der Waals surface area (Å²) in [6.45, 7) is -0.499. The molecule has 18 heavy (non-hydrogen) atoms. The van der Waals surface area contributed by atoms with Gasteiger partial charge in [-0.05, 0) is 6.07 Å². The summed E-state index contributed by atoms with van der Waals surface area (Å²) in [4.78, 5) is 15.3. The van der Waals surface area contributed by atoms with E-state index in [9.17, 15) is 4.79 Å². The van der Waals surface area contributed by atoms with Crippen LogP contribution in [0.15, 0.2) is 17.1 Å². The van der Waals surface area contributed by atoms with Crippen LogP contribution < -0.4 is 16.7 Å². The first-order valence-corrected chi connectivity index (χ1v) is 5.45. The summed E-state index contributed by atoms with van der Waals surface area (Å²) >= 11 is 0. The topological polar surface area (TPSA) is 123 Å². The number of aromatic nitrogens is 2. The van der Waals surface area contributed by atoms with Gasteiger partial charge in [0.05, 0.1) is 25.6 Å². The van der Waals surface area contributed by atoms with Crippen LogP contribution in [0.1, 0.15) is 12.6 Å². The Morgan fingerprint density at radius 2 is 2.33 bits per heavy atom. The molecule has 0 saturated carbocycles. The van der Waals surface area contributed by atoms with Gasteiger partial charge in [-0.1, -0.05) is 0 Å². The lowest BCUT2D eigenvalue weighted by molar-refractivity contribution is 0.0257. The molecule has 0 bridgehead atoms. The molecule has 0 aromatic carbocycles. The highest BCUT2D eigenvalue weighted by molar-refractivity contribution is 5.23. The second kappa shape index (κ2) is 7.07. The van der Waals surface area contributed by atoms with Crippen LogP contribution >= 0.6 is 0 Å². The lowest BCUT2D eigenvalue weighted by Crippen LogP contribution is -2.38. The van der Waals surface area contributed by atoms with Crippen molar-refractivity contribution < 1.29 is 14.9 Å². The van der Waals surface area contributed by atoms with Crippen LogP contribution in [0, 0.1) is 0 Å². The van der Waals surface area contributed by atoms with E-state index in [1.807, 2.05) is 0 Å². The second-order valence-corrected chi connectivity index (χ2v) is 3.70. The molecule has 0 aliphatic heterocycles. The zero-order chi connectivity index (χ0) is 13.5. The fourth-order valence-corrected chi connectivity index (χ4v) is 1.56. The molecule has 1 aromatic heterocycles. The third-order valence-electron chi connectivity index (χ3n) is 2.54. The predicted molar refractivity (Wildman–Crippen MR) is 64.7 cm³/mol. The molecule has 8 heteroatoms. The monoisotopic (exact) mass is 258 g/mol. The van der Waals surface area contributed by atoms with E-state index in [1.165, 1.54) is 23.9 Å². The average Bonchev–Trinajstić information content (AvgIpc) is 2.35. The minimum absolute atomic E-state index is 0.129. The molecule has 0 radical (unpaired) electrons. The number of hydrogen-bond acceptors (Lipinski definition) is 7. The summed E-state index contributed by atoms with van der Waals surface area (Å²) in [7, 11) is 1.46. The maximum atomic E-state index is 11.7. The Kier molecular flexibility index (Phi) is 5.72. The number of anilines is 1. The van der Waals surface area contributed by atoms with Gasteiger partial charge in [-0.2, -0.15) is 4.98 Å². The number of methoxy groups -OCH3 is 1. The zero-order valence-corrected chi connectivity index (χ0v) is 10.1. The Balaban J connectivity index is 2.93. The number of aliphatic hydroxyl groups is 2. The minimum atomic E-state index is -0.535. The van der Waals surface area contributed by atoms with Crippen molar-refractivity contribution in [1.82, 2.24) is 14.9 Å². The van der Waals surface area contributed by atoms with Crippen LogP contribution in [0.2, 0.25) is 0 Å². The van der Waals surface area contributed by atoms with Gasteiger partial charge >= 0.3 is 5.69 Å². The molecule has 1 aromatic rings. The molecular formula is C10H18N4O4. The molecule has 102 valence electrons. The van der Waals surface area contributed by atoms with E-state index in [2.05, 4.69) is 10.3 Å². The Morgan fingerprint density at radius 3 is 2.83 bits per heavy atom. The van der Waals surface area contributed by atoms with Crippen molar-refractivity contribution in [2.75, 3.05) is 26.2 Å². The molecule has 0 amide bonds. The molecular weight excluding hydrogens is 240 g/mol. The van der Waals surface area contributed by atoms with Gasteiger partial charge in [0.15, 0.2) is 0 Å². The Bertz CT molecular complexity index is 419. The molecule has 0 saturated heterocycles. The number of nitrogen functional groups attached to an aromatic ring is 1. The number of hydrogen-bond donors (Lipinski definition) is 4. The fraction of sp³-hybridized carbons (Fsp3) is 0.600. The number of aliphatic hydroxyl groups excluding tert-OH is 2. The average molecular weight is 258 g/mol. The molecule has 2 atom stereocenters. The van der Waals surface area contributed by atoms with Gasteiger partial charge in [0.25, 0.3) is 0 Å². The van der Waals surface area contributed by atoms with Crippen LogP contribution in [0.4, 0.5) is 5.82 Å². The van der Waals surface area contributed by atoms with E-state index >= 15 is 0 Å². The highest BCUT2D eigenvalue weighted by atomic mass is 16.5. The van der Waals surface area contributed by atoms with E-state index < -0.39 is 18.0 Å². The predicted octanol–water partition coefficient (Wildman–Crippen LogP) is -1.74. The molecule has 8 nitrogen and oxygen atoms in total. The van der Waals surface area contributed by atoms with Gasteiger partial charge in [-0.15, -0.1) is 0 Å². The van der Waals surface area contributed by atoms with Crippen molar-refractivity contribution in [1.29, 1.82) is 0 Å². The second-order valence-electron chi connectivity index (χ2n) is 3.70. The Labute approximate surface area is 104 Å². The SMILES string of the molecule is COC(CO)CC(NCO)n1ccc(N)nc1=O. The third-order valence-corrected chi connectivity index (χ3v) is 2.54. The Hall–Kier alpha value is -1.48. The number of nitrogens with two attached hydrogens (primary N) is 1. The molecule has 0 fully saturated rings. The Morgan fingerprint density at radius 1 is 1.61 bits per heavy atom. The minimum Gasteiger partial charge on any atom is -0.394 e. The van der Waals surface area contributed by atoms with Gasteiger partial charge in [0, 0.05) is 19.7 Å². The first-order valence-electron chi connectivity index (χ1n) is 5.45. The lowest BCUT2D eigenvalue weighted by atomic mass is 10.2. The number of nitrogens with zero attached hydrogens (tertiary/aromatic N) is 2. The maximum Gasteiger partial charge on any atom is 0.350 e. The van der Waals surface area contributed by atoms with E-state index in [4.69, 9.17) is 20.7 Å². The molecule has 2 unspecified atom stereocenters. The summed E-state index contributed by atoms with van der Waals surface area (Å²) in [5, 5.41) is 20.7. The standard InChI is InChI=1S/C10H18N4O4/c1-18-7(5-15)4-9(12-6-16)14-3-2-8(11)13-10(14)17/h2-3,7,9,12,15-16H,4-6H2,1H3,(H2,11,13,17). The quantitative estimate of drug-likeness (QED) is 0.428. The number of rotatable bonds is 7.